The van der Waals surface area contributed by atoms with E-state index in [9.17, 15) is 14.4 Å². The number of nitrogens with one attached hydrogen (secondary N) is 1. The maximum atomic E-state index is 13.0. The maximum absolute atomic E-state index is 13.0. The molecule has 3 aromatic rings. The van der Waals surface area contributed by atoms with Gasteiger partial charge in [0, 0.05) is 11.3 Å². The van der Waals surface area contributed by atoms with E-state index in [0.29, 0.717) is 22.7 Å². The van der Waals surface area contributed by atoms with Crippen molar-refractivity contribution in [2.75, 3.05) is 10.2 Å². The number of anilines is 2. The van der Waals surface area contributed by atoms with Crippen LogP contribution < -0.4 is 10.2 Å². The molecule has 0 spiro atoms. The van der Waals surface area contributed by atoms with E-state index in [4.69, 9.17) is 0 Å². The van der Waals surface area contributed by atoms with Gasteiger partial charge in [-0.1, -0.05) is 50.2 Å². The summed E-state index contributed by atoms with van der Waals surface area (Å²) >= 11 is 0. The Labute approximate surface area is 181 Å². The lowest BCUT2D eigenvalue weighted by atomic mass is 9.96. The second-order valence-electron chi connectivity index (χ2n) is 7.84. The van der Waals surface area contributed by atoms with Crippen LogP contribution in [0, 0.1) is 6.92 Å². The molecule has 0 radical (unpaired) electrons. The van der Waals surface area contributed by atoms with Gasteiger partial charge in [-0.2, -0.15) is 0 Å². The predicted molar refractivity (Wildman–Crippen MR) is 122 cm³/mol. The van der Waals surface area contributed by atoms with Gasteiger partial charge in [-0.3, -0.25) is 14.4 Å². The summed E-state index contributed by atoms with van der Waals surface area (Å²) in [5, 5.41) is 2.96. The van der Waals surface area contributed by atoms with Crippen LogP contribution in [0.3, 0.4) is 0 Å². The second-order valence-corrected chi connectivity index (χ2v) is 7.84. The molecule has 3 amide bonds. The molecule has 0 aliphatic carbocycles. The Balaban J connectivity index is 1.64. The van der Waals surface area contributed by atoms with Gasteiger partial charge >= 0.3 is 0 Å². The van der Waals surface area contributed by atoms with Gasteiger partial charge in [0.2, 0.25) is 0 Å². The number of rotatable bonds is 5. The van der Waals surface area contributed by atoms with Gasteiger partial charge < -0.3 is 5.32 Å². The van der Waals surface area contributed by atoms with E-state index in [-0.39, 0.29) is 17.4 Å². The van der Waals surface area contributed by atoms with Crippen molar-refractivity contribution in [2.45, 2.75) is 33.1 Å². The van der Waals surface area contributed by atoms with Gasteiger partial charge in [0.1, 0.15) is 0 Å². The van der Waals surface area contributed by atoms with Crippen LogP contribution in [0.4, 0.5) is 11.4 Å². The van der Waals surface area contributed by atoms with Gasteiger partial charge in [-0.05, 0) is 60.7 Å². The van der Waals surface area contributed by atoms with Crippen molar-refractivity contribution < 1.29 is 14.4 Å². The largest absolute Gasteiger partial charge is 0.322 e. The van der Waals surface area contributed by atoms with Crippen molar-refractivity contribution in [1.82, 2.24) is 0 Å². The Morgan fingerprint density at radius 1 is 0.935 bits per heavy atom. The Bertz CT molecular complexity index is 1200. The number of carbonyl (C=O) groups excluding carboxylic acids is 3. The number of imide groups is 1. The number of hydrogen-bond donors (Lipinski definition) is 1. The van der Waals surface area contributed by atoms with E-state index < -0.39 is 5.91 Å². The Morgan fingerprint density at radius 2 is 1.61 bits per heavy atom. The van der Waals surface area contributed by atoms with E-state index in [2.05, 4.69) is 19.2 Å². The minimum atomic E-state index is -0.413. The number of benzene rings is 3. The van der Waals surface area contributed by atoms with Crippen LogP contribution in [0.2, 0.25) is 0 Å². The average Bonchev–Trinajstić information content (AvgIpc) is 3.03. The molecule has 5 heteroatoms. The van der Waals surface area contributed by atoms with E-state index >= 15 is 0 Å². The zero-order valence-electron chi connectivity index (χ0n) is 17.8. The maximum Gasteiger partial charge on any atom is 0.266 e. The van der Waals surface area contributed by atoms with Crippen LogP contribution in [0.5, 0.6) is 0 Å². The van der Waals surface area contributed by atoms with Crippen molar-refractivity contribution in [3.8, 4) is 0 Å². The first-order chi connectivity index (χ1) is 14.9. The molecular formula is C26H24N2O3. The van der Waals surface area contributed by atoms with Crippen molar-refractivity contribution >= 4 is 29.1 Å². The van der Waals surface area contributed by atoms with Gasteiger partial charge in [0.25, 0.3) is 17.7 Å². The number of aryl methyl sites for hydroxylation is 1. The minimum absolute atomic E-state index is 0.246. The molecule has 4 rings (SSSR count). The molecule has 1 atom stereocenters. The monoisotopic (exact) mass is 412 g/mol. The average molecular weight is 412 g/mol. The highest BCUT2D eigenvalue weighted by Gasteiger charge is 2.37. The molecule has 0 bridgehead atoms. The SMILES string of the molecule is CC[C@H](C)c1ccccc1NC(=O)c1ccc2c(c1)C(=O)N(c1ccccc1C)C2=O. The number of fused-ring (bicyclic) bond motifs is 1. The lowest BCUT2D eigenvalue weighted by Gasteiger charge is -2.16. The van der Waals surface area contributed by atoms with Gasteiger partial charge in [0.15, 0.2) is 0 Å². The summed E-state index contributed by atoms with van der Waals surface area (Å²) in [5.41, 5.74) is 4.10. The number of hydrogen-bond acceptors (Lipinski definition) is 3. The summed E-state index contributed by atoms with van der Waals surface area (Å²) in [6.07, 6.45) is 0.955. The van der Waals surface area contributed by atoms with Gasteiger partial charge in [-0.25, -0.2) is 4.90 Å². The summed E-state index contributed by atoms with van der Waals surface area (Å²) in [6.45, 7) is 6.07. The molecule has 0 unspecified atom stereocenters. The highest BCUT2D eigenvalue weighted by atomic mass is 16.2. The standard InChI is InChI=1S/C26H24N2O3/c1-4-16(2)19-10-6-7-11-22(19)27-24(29)18-13-14-20-21(15-18)26(31)28(25(20)30)23-12-8-5-9-17(23)3/h5-16H,4H2,1-3H3,(H,27,29)/t16-/m0/s1. The molecule has 1 heterocycles. The zero-order valence-corrected chi connectivity index (χ0v) is 17.8. The molecule has 156 valence electrons. The summed E-state index contributed by atoms with van der Waals surface area (Å²) in [4.78, 5) is 40.1. The van der Waals surface area contributed by atoms with E-state index in [1.54, 1.807) is 24.3 Å². The highest BCUT2D eigenvalue weighted by Crippen LogP contribution is 2.31. The van der Waals surface area contributed by atoms with Crippen molar-refractivity contribution in [1.29, 1.82) is 0 Å². The quantitative estimate of drug-likeness (QED) is 0.558. The molecule has 5 nitrogen and oxygen atoms in total. The summed E-state index contributed by atoms with van der Waals surface area (Å²) in [6, 6.07) is 19.6. The Hall–Kier alpha value is -3.73. The molecule has 1 aliphatic rings. The van der Waals surface area contributed by atoms with E-state index in [0.717, 1.165) is 23.2 Å². The molecule has 1 N–H and O–H groups in total. The fraction of sp³-hybridized carbons (Fsp3) is 0.192. The summed E-state index contributed by atoms with van der Waals surface area (Å²) < 4.78 is 0. The number of para-hydroxylation sites is 2. The Kier molecular flexibility index (Phi) is 5.42. The van der Waals surface area contributed by atoms with Gasteiger partial charge in [0.05, 0.1) is 16.8 Å². The van der Waals surface area contributed by atoms with Crippen LogP contribution in [-0.4, -0.2) is 17.7 Å². The van der Waals surface area contributed by atoms with Crippen LogP contribution in [-0.2, 0) is 0 Å². The second kappa shape index (κ2) is 8.19. The smallest absolute Gasteiger partial charge is 0.266 e. The van der Waals surface area contributed by atoms with Crippen molar-refractivity contribution in [3.63, 3.8) is 0 Å². The Morgan fingerprint density at radius 3 is 2.35 bits per heavy atom. The van der Waals surface area contributed by atoms with Crippen molar-refractivity contribution in [2.24, 2.45) is 0 Å². The predicted octanol–water partition coefficient (Wildman–Crippen LogP) is 5.56. The van der Waals surface area contributed by atoms with Crippen LogP contribution >= 0.6 is 0 Å². The normalized spacial score (nSPS) is 13.8. The molecule has 0 aromatic heterocycles. The molecule has 3 aromatic carbocycles. The number of nitrogens with zero attached hydrogens (tertiary/aromatic N) is 1. The van der Waals surface area contributed by atoms with Crippen LogP contribution in [0.25, 0.3) is 0 Å². The van der Waals surface area contributed by atoms with Crippen molar-refractivity contribution in [3.05, 3.63) is 94.5 Å². The molecule has 31 heavy (non-hydrogen) atoms. The molecule has 0 fully saturated rings. The topological polar surface area (TPSA) is 66.5 Å². The first-order valence-corrected chi connectivity index (χ1v) is 10.4. The molecule has 0 saturated heterocycles. The zero-order chi connectivity index (χ0) is 22.1. The molecule has 0 saturated carbocycles. The van der Waals surface area contributed by atoms with E-state index in [1.807, 2.05) is 43.3 Å². The third kappa shape index (κ3) is 3.63. The minimum Gasteiger partial charge on any atom is -0.322 e. The highest BCUT2D eigenvalue weighted by molar-refractivity contribution is 6.35. The summed E-state index contributed by atoms with van der Waals surface area (Å²) in [5.74, 6) is -0.793. The number of amides is 3. The number of carbonyl (C=O) groups is 3. The third-order valence-electron chi connectivity index (χ3n) is 5.86. The van der Waals surface area contributed by atoms with Crippen LogP contribution in [0.1, 0.15) is 68.4 Å². The van der Waals surface area contributed by atoms with E-state index in [1.165, 1.54) is 11.0 Å². The lowest BCUT2D eigenvalue weighted by Crippen LogP contribution is -2.29. The summed E-state index contributed by atoms with van der Waals surface area (Å²) in [7, 11) is 0. The van der Waals surface area contributed by atoms with Crippen LogP contribution in [0.15, 0.2) is 66.7 Å². The third-order valence-corrected chi connectivity index (χ3v) is 5.86. The first-order valence-electron chi connectivity index (χ1n) is 10.4. The lowest BCUT2D eigenvalue weighted by molar-refractivity contribution is 0.0925. The fourth-order valence-corrected chi connectivity index (χ4v) is 3.87. The first kappa shape index (κ1) is 20.5. The fourth-order valence-electron chi connectivity index (χ4n) is 3.87. The molecule has 1 aliphatic heterocycles. The molecular weight excluding hydrogens is 388 g/mol. The van der Waals surface area contributed by atoms with Gasteiger partial charge in [-0.15, -0.1) is 0 Å².